The van der Waals surface area contributed by atoms with Crippen molar-refractivity contribution >= 4 is 12.0 Å². The van der Waals surface area contributed by atoms with E-state index >= 15 is 0 Å². The van der Waals surface area contributed by atoms with Gasteiger partial charge in [0, 0.05) is 6.42 Å². The maximum absolute atomic E-state index is 13.7. The third kappa shape index (κ3) is 5.91. The number of aromatic amines is 2. The summed E-state index contributed by atoms with van der Waals surface area (Å²) in [5.74, 6) is 0.0943. The first-order chi connectivity index (χ1) is 22.3. The lowest BCUT2D eigenvalue weighted by atomic mass is 10.0. The van der Waals surface area contributed by atoms with Crippen molar-refractivity contribution in [3.63, 3.8) is 0 Å². The van der Waals surface area contributed by atoms with Gasteiger partial charge in [-0.15, -0.1) is 0 Å². The molecule has 2 aromatic heterocycles. The van der Waals surface area contributed by atoms with Crippen molar-refractivity contribution < 1.29 is 24.2 Å². The molecule has 1 spiro atoms. The second kappa shape index (κ2) is 12.3. The highest BCUT2D eigenvalue weighted by molar-refractivity contribution is 5.86. The van der Waals surface area contributed by atoms with E-state index in [2.05, 4.69) is 67.0 Å². The molecule has 12 heteroatoms. The SMILES string of the molecule is CC(C)[C@H](NC(=O)O)C(=O)N1CC2(C[C@H]1c1ncc(-c3ccc(-c4ccc(-c5cnc([C@@H]6CCCN6)[nH]5)cc4)cc3)[nH]1)OCCO2. The summed E-state index contributed by atoms with van der Waals surface area (Å²) in [5.41, 5.74) is 6.07. The summed E-state index contributed by atoms with van der Waals surface area (Å²) < 4.78 is 11.9. The van der Waals surface area contributed by atoms with Crippen molar-refractivity contribution in [1.29, 1.82) is 0 Å². The molecule has 3 fully saturated rings. The number of carbonyl (C=O) groups is 2. The molecule has 4 aromatic rings. The van der Waals surface area contributed by atoms with Gasteiger partial charge in [0.15, 0.2) is 5.79 Å². The van der Waals surface area contributed by atoms with Gasteiger partial charge in [-0.3, -0.25) is 4.79 Å². The Morgan fingerprint density at radius 1 is 0.913 bits per heavy atom. The molecule has 0 saturated carbocycles. The molecule has 3 aliphatic rings. The van der Waals surface area contributed by atoms with Crippen LogP contribution in [0.3, 0.4) is 0 Å². The summed E-state index contributed by atoms with van der Waals surface area (Å²) >= 11 is 0. The standard InChI is InChI=1S/C34H39N7O5/c1-20(2)29(40-33(43)44)32(42)41-19-34(45-14-15-46-34)16-28(41)31-37-18-27(39-31)24-11-7-22(8-12-24)21-5-9-23(10-6-21)26-17-36-30(38-26)25-4-3-13-35-25/h5-12,17-18,20,25,28-29,35,40H,3-4,13-16,19H2,1-2H3,(H,36,38)(H,37,39)(H,43,44)/t25-,28-,29-/m0/s1. The first-order valence-electron chi connectivity index (χ1n) is 15.9. The predicted molar refractivity (Wildman–Crippen MR) is 171 cm³/mol. The normalized spacial score (nSPS) is 21.3. The number of rotatable bonds is 8. The van der Waals surface area contributed by atoms with Crippen LogP contribution in [0, 0.1) is 5.92 Å². The van der Waals surface area contributed by atoms with Crippen LogP contribution in [-0.2, 0) is 14.3 Å². The van der Waals surface area contributed by atoms with Crippen molar-refractivity contribution in [2.75, 3.05) is 26.3 Å². The molecule has 5 heterocycles. The van der Waals surface area contributed by atoms with E-state index in [9.17, 15) is 14.7 Å². The lowest BCUT2D eigenvalue weighted by Crippen LogP contribution is -2.51. The van der Waals surface area contributed by atoms with E-state index in [1.54, 1.807) is 11.1 Å². The van der Waals surface area contributed by atoms with Crippen LogP contribution in [0.5, 0.6) is 0 Å². The third-order valence-corrected chi connectivity index (χ3v) is 9.22. The summed E-state index contributed by atoms with van der Waals surface area (Å²) in [4.78, 5) is 42.9. The Morgan fingerprint density at radius 3 is 2.02 bits per heavy atom. The highest BCUT2D eigenvalue weighted by atomic mass is 16.7. The Balaban J connectivity index is 1.07. The van der Waals surface area contributed by atoms with Gasteiger partial charge in [-0.05, 0) is 47.6 Å². The summed E-state index contributed by atoms with van der Waals surface area (Å²) in [6.07, 6.45) is 5.11. The van der Waals surface area contributed by atoms with E-state index in [0.717, 1.165) is 52.4 Å². The number of amides is 2. The summed E-state index contributed by atoms with van der Waals surface area (Å²) in [6, 6.07) is 15.6. The molecular formula is C34H39N7O5. The molecule has 3 saturated heterocycles. The minimum atomic E-state index is -1.24. The fourth-order valence-electron chi connectivity index (χ4n) is 6.76. The number of carbonyl (C=O) groups excluding carboxylic acids is 1. The monoisotopic (exact) mass is 625 g/mol. The Hall–Kier alpha value is -4.52. The number of hydrogen-bond acceptors (Lipinski definition) is 7. The lowest BCUT2D eigenvalue weighted by molar-refractivity contribution is -0.153. The van der Waals surface area contributed by atoms with Crippen LogP contribution in [0.2, 0.25) is 0 Å². The molecule has 3 aliphatic heterocycles. The van der Waals surface area contributed by atoms with E-state index in [1.807, 2.05) is 32.2 Å². The molecule has 0 unspecified atom stereocenters. The smallest absolute Gasteiger partial charge is 0.405 e. The number of H-pyrrole nitrogens is 2. The maximum Gasteiger partial charge on any atom is 0.405 e. The van der Waals surface area contributed by atoms with Gasteiger partial charge in [0.25, 0.3) is 0 Å². The van der Waals surface area contributed by atoms with Gasteiger partial charge in [-0.1, -0.05) is 62.4 Å². The zero-order chi connectivity index (χ0) is 31.8. The number of likely N-dealkylation sites (tertiary alicyclic amines) is 1. The Morgan fingerprint density at radius 2 is 1.48 bits per heavy atom. The van der Waals surface area contributed by atoms with Crippen LogP contribution < -0.4 is 10.6 Å². The number of imidazole rings is 2. The van der Waals surface area contributed by atoms with Crippen molar-refractivity contribution in [2.45, 2.75) is 57.0 Å². The number of carboxylic acid groups (broad SMARTS) is 1. The van der Waals surface area contributed by atoms with Crippen LogP contribution in [-0.4, -0.2) is 80.1 Å². The van der Waals surface area contributed by atoms with Crippen molar-refractivity contribution in [3.8, 4) is 33.6 Å². The number of aromatic nitrogens is 4. The molecule has 0 radical (unpaired) electrons. The number of hydrogen-bond donors (Lipinski definition) is 5. The van der Waals surface area contributed by atoms with Gasteiger partial charge >= 0.3 is 6.09 Å². The molecule has 2 amide bonds. The molecule has 240 valence electrons. The first-order valence-corrected chi connectivity index (χ1v) is 15.9. The fourth-order valence-corrected chi connectivity index (χ4v) is 6.76. The Labute approximate surface area is 266 Å². The highest BCUT2D eigenvalue weighted by Crippen LogP contribution is 2.42. The van der Waals surface area contributed by atoms with Crippen molar-refractivity contribution in [3.05, 3.63) is 72.6 Å². The van der Waals surface area contributed by atoms with Crippen molar-refractivity contribution in [1.82, 2.24) is 35.5 Å². The first kappa shape index (κ1) is 30.2. The second-order valence-corrected chi connectivity index (χ2v) is 12.6. The number of ether oxygens (including phenoxy) is 2. The average Bonchev–Trinajstić information content (AvgIpc) is 3.90. The van der Waals surface area contributed by atoms with E-state index in [0.29, 0.717) is 31.5 Å². The van der Waals surface area contributed by atoms with Gasteiger partial charge in [0.2, 0.25) is 5.91 Å². The molecule has 0 aliphatic carbocycles. The average molecular weight is 626 g/mol. The lowest BCUT2D eigenvalue weighted by Gasteiger charge is -2.29. The molecule has 12 nitrogen and oxygen atoms in total. The number of nitrogens with zero attached hydrogens (tertiary/aromatic N) is 3. The maximum atomic E-state index is 13.7. The van der Waals surface area contributed by atoms with Gasteiger partial charge in [-0.25, -0.2) is 14.8 Å². The van der Waals surface area contributed by atoms with Gasteiger partial charge in [0.1, 0.15) is 17.7 Å². The van der Waals surface area contributed by atoms with Gasteiger partial charge in [0.05, 0.1) is 55.6 Å². The minimum Gasteiger partial charge on any atom is -0.465 e. The quantitative estimate of drug-likeness (QED) is 0.186. The number of benzene rings is 2. The summed E-state index contributed by atoms with van der Waals surface area (Å²) in [5, 5.41) is 15.2. The highest BCUT2D eigenvalue weighted by Gasteiger charge is 2.52. The molecule has 7 rings (SSSR count). The fraction of sp³-hybridized carbons (Fsp3) is 0.412. The zero-order valence-corrected chi connectivity index (χ0v) is 26.0. The van der Waals surface area contributed by atoms with Crippen LogP contribution in [0.4, 0.5) is 4.79 Å². The minimum absolute atomic E-state index is 0.198. The number of nitrogens with one attached hydrogen (secondary N) is 4. The zero-order valence-electron chi connectivity index (χ0n) is 26.0. The molecular weight excluding hydrogens is 586 g/mol. The van der Waals surface area contributed by atoms with Crippen molar-refractivity contribution in [2.24, 2.45) is 5.92 Å². The van der Waals surface area contributed by atoms with Gasteiger partial charge < -0.3 is 40.1 Å². The Bertz CT molecular complexity index is 1690. The van der Waals surface area contributed by atoms with Gasteiger partial charge in [-0.2, -0.15) is 0 Å². The van der Waals surface area contributed by atoms with Crippen LogP contribution >= 0.6 is 0 Å². The third-order valence-electron chi connectivity index (χ3n) is 9.22. The summed E-state index contributed by atoms with van der Waals surface area (Å²) in [6.45, 7) is 5.74. The topological polar surface area (TPSA) is 157 Å². The molecule has 3 atom stereocenters. The Kier molecular flexibility index (Phi) is 8.09. The second-order valence-electron chi connectivity index (χ2n) is 12.6. The van der Waals surface area contributed by atoms with Crippen LogP contribution in [0.15, 0.2) is 60.9 Å². The van der Waals surface area contributed by atoms with Crippen LogP contribution in [0.25, 0.3) is 33.6 Å². The molecule has 5 N–H and O–H groups in total. The predicted octanol–water partition coefficient (Wildman–Crippen LogP) is 4.87. The molecule has 46 heavy (non-hydrogen) atoms. The summed E-state index contributed by atoms with van der Waals surface area (Å²) in [7, 11) is 0. The van der Waals surface area contributed by atoms with E-state index in [-0.39, 0.29) is 18.4 Å². The van der Waals surface area contributed by atoms with E-state index in [1.165, 1.54) is 6.42 Å². The van der Waals surface area contributed by atoms with Crippen LogP contribution in [0.1, 0.15) is 56.8 Å². The molecule has 0 bridgehead atoms. The largest absolute Gasteiger partial charge is 0.465 e. The van der Waals surface area contributed by atoms with E-state index in [4.69, 9.17) is 9.47 Å². The molecule has 2 aromatic carbocycles. The van der Waals surface area contributed by atoms with E-state index < -0.39 is 24.0 Å².